The quantitative estimate of drug-likeness (QED) is 0.641. The SMILES string of the molecule is N=C(N)c1ccc(SC2CCCCC2)cc1C(F)(F)F. The lowest BCUT2D eigenvalue weighted by atomic mass is 10.0. The summed E-state index contributed by atoms with van der Waals surface area (Å²) in [5, 5.41) is 7.65. The van der Waals surface area contributed by atoms with Crippen LogP contribution < -0.4 is 5.73 Å². The van der Waals surface area contributed by atoms with Gasteiger partial charge in [-0.15, -0.1) is 11.8 Å². The van der Waals surface area contributed by atoms with Crippen LogP contribution in [-0.4, -0.2) is 11.1 Å². The molecule has 0 aliphatic heterocycles. The number of halogens is 3. The number of alkyl halides is 3. The first-order valence-corrected chi connectivity index (χ1v) is 7.48. The Morgan fingerprint density at radius 3 is 2.40 bits per heavy atom. The summed E-state index contributed by atoms with van der Waals surface area (Å²) in [6.45, 7) is 0. The van der Waals surface area contributed by atoms with Crippen LogP contribution in [0.15, 0.2) is 23.1 Å². The minimum Gasteiger partial charge on any atom is -0.384 e. The van der Waals surface area contributed by atoms with Gasteiger partial charge in [0.1, 0.15) is 5.84 Å². The summed E-state index contributed by atoms with van der Waals surface area (Å²) in [6.07, 6.45) is 1.14. The molecule has 2 rings (SSSR count). The fourth-order valence-electron chi connectivity index (χ4n) is 2.44. The van der Waals surface area contributed by atoms with E-state index in [0.29, 0.717) is 10.1 Å². The Kier molecular flexibility index (Phi) is 4.62. The molecule has 3 N–H and O–H groups in total. The standard InChI is InChI=1S/C14H17F3N2S/c15-14(16,17)12-8-10(6-7-11(12)13(18)19)20-9-4-2-1-3-5-9/h6-9H,1-5H2,(H3,18,19). The van der Waals surface area contributed by atoms with Crippen LogP contribution in [0.4, 0.5) is 13.2 Å². The molecule has 1 aromatic carbocycles. The number of nitrogens with two attached hydrogens (primary N) is 1. The second-order valence-corrected chi connectivity index (χ2v) is 6.37. The van der Waals surface area contributed by atoms with Crippen molar-refractivity contribution in [2.75, 3.05) is 0 Å². The highest BCUT2D eigenvalue weighted by Crippen LogP contribution is 2.38. The van der Waals surface area contributed by atoms with Crippen molar-refractivity contribution in [3.8, 4) is 0 Å². The van der Waals surface area contributed by atoms with Crippen molar-refractivity contribution in [2.45, 2.75) is 48.4 Å². The van der Waals surface area contributed by atoms with Crippen molar-refractivity contribution in [3.05, 3.63) is 29.3 Å². The van der Waals surface area contributed by atoms with E-state index in [-0.39, 0.29) is 5.56 Å². The summed E-state index contributed by atoms with van der Waals surface area (Å²) in [4.78, 5) is 0.606. The molecule has 6 heteroatoms. The first kappa shape index (κ1) is 15.2. The fraction of sp³-hybridized carbons (Fsp3) is 0.500. The maximum Gasteiger partial charge on any atom is 0.417 e. The third kappa shape index (κ3) is 3.69. The van der Waals surface area contributed by atoms with Crippen molar-refractivity contribution >= 4 is 17.6 Å². The molecule has 0 atom stereocenters. The maximum atomic E-state index is 13.0. The molecule has 0 amide bonds. The number of thioether (sulfide) groups is 1. The van der Waals surface area contributed by atoms with Crippen molar-refractivity contribution in [1.29, 1.82) is 5.41 Å². The van der Waals surface area contributed by atoms with Crippen molar-refractivity contribution in [2.24, 2.45) is 5.73 Å². The van der Waals surface area contributed by atoms with E-state index in [4.69, 9.17) is 11.1 Å². The van der Waals surface area contributed by atoms with E-state index in [9.17, 15) is 13.2 Å². The number of nitrogen functional groups attached to an aromatic ring is 1. The average molecular weight is 302 g/mol. The molecule has 2 nitrogen and oxygen atoms in total. The van der Waals surface area contributed by atoms with Crippen LogP contribution in [0.1, 0.15) is 43.2 Å². The molecule has 0 heterocycles. The monoisotopic (exact) mass is 302 g/mol. The molecule has 0 unspecified atom stereocenters. The number of hydrogen-bond donors (Lipinski definition) is 2. The summed E-state index contributed by atoms with van der Waals surface area (Å²) in [5.74, 6) is -0.549. The summed E-state index contributed by atoms with van der Waals surface area (Å²) in [6, 6.07) is 4.05. The maximum absolute atomic E-state index is 13.0. The van der Waals surface area contributed by atoms with E-state index in [0.717, 1.165) is 31.7 Å². The highest BCUT2D eigenvalue weighted by molar-refractivity contribution is 8.00. The van der Waals surface area contributed by atoms with E-state index in [2.05, 4.69) is 0 Å². The van der Waals surface area contributed by atoms with Gasteiger partial charge in [0, 0.05) is 15.7 Å². The van der Waals surface area contributed by atoms with Crippen LogP contribution in [-0.2, 0) is 6.18 Å². The molecular formula is C14H17F3N2S. The van der Waals surface area contributed by atoms with Gasteiger partial charge in [-0.3, -0.25) is 5.41 Å². The van der Waals surface area contributed by atoms with Gasteiger partial charge < -0.3 is 5.73 Å². The van der Waals surface area contributed by atoms with Gasteiger partial charge in [0.05, 0.1) is 5.56 Å². The molecule has 1 aliphatic carbocycles. The summed E-state index contributed by atoms with van der Waals surface area (Å²) < 4.78 is 39.0. The molecule has 1 aromatic rings. The molecular weight excluding hydrogens is 285 g/mol. The lowest BCUT2D eigenvalue weighted by molar-refractivity contribution is -0.137. The van der Waals surface area contributed by atoms with E-state index >= 15 is 0 Å². The van der Waals surface area contributed by atoms with Crippen LogP contribution in [0.5, 0.6) is 0 Å². The second-order valence-electron chi connectivity index (χ2n) is 5.00. The van der Waals surface area contributed by atoms with Gasteiger partial charge >= 0.3 is 6.18 Å². The average Bonchev–Trinajstić information content (AvgIpc) is 2.38. The summed E-state index contributed by atoms with van der Waals surface area (Å²) in [5.41, 5.74) is 4.16. The predicted molar refractivity (Wildman–Crippen MR) is 75.2 cm³/mol. The van der Waals surface area contributed by atoms with Gasteiger partial charge in [0.15, 0.2) is 0 Å². The summed E-state index contributed by atoms with van der Waals surface area (Å²) >= 11 is 1.50. The zero-order valence-corrected chi connectivity index (χ0v) is 11.8. The molecule has 0 radical (unpaired) electrons. The third-order valence-corrected chi connectivity index (χ3v) is 4.77. The molecule has 1 fully saturated rings. The van der Waals surface area contributed by atoms with Crippen LogP contribution in [0.3, 0.4) is 0 Å². The van der Waals surface area contributed by atoms with Crippen LogP contribution >= 0.6 is 11.8 Å². The Labute approximate surface area is 120 Å². The number of benzene rings is 1. The number of rotatable bonds is 3. The minimum atomic E-state index is -4.48. The zero-order chi connectivity index (χ0) is 14.8. The number of hydrogen-bond acceptors (Lipinski definition) is 2. The van der Waals surface area contributed by atoms with Crippen molar-refractivity contribution < 1.29 is 13.2 Å². The molecule has 1 aliphatic rings. The van der Waals surface area contributed by atoms with Gasteiger partial charge in [-0.25, -0.2) is 0 Å². The largest absolute Gasteiger partial charge is 0.417 e. The first-order valence-electron chi connectivity index (χ1n) is 6.60. The predicted octanol–water partition coefficient (Wildman–Crippen LogP) is 4.41. The Bertz CT molecular complexity index is 494. The van der Waals surface area contributed by atoms with Crippen molar-refractivity contribution in [1.82, 2.24) is 0 Å². The Morgan fingerprint density at radius 1 is 1.20 bits per heavy atom. The topological polar surface area (TPSA) is 49.9 Å². The number of nitrogens with one attached hydrogen (secondary N) is 1. The second kappa shape index (κ2) is 6.08. The molecule has 0 spiro atoms. The third-order valence-electron chi connectivity index (χ3n) is 3.44. The Hall–Kier alpha value is -1.17. The van der Waals surface area contributed by atoms with Crippen LogP contribution in [0, 0.1) is 5.41 Å². The Morgan fingerprint density at radius 2 is 1.85 bits per heavy atom. The molecule has 20 heavy (non-hydrogen) atoms. The highest BCUT2D eigenvalue weighted by Gasteiger charge is 2.34. The number of amidine groups is 1. The van der Waals surface area contributed by atoms with Gasteiger partial charge in [0.2, 0.25) is 0 Å². The normalized spacial score (nSPS) is 17.1. The van der Waals surface area contributed by atoms with E-state index in [1.165, 1.54) is 24.2 Å². The molecule has 0 aromatic heterocycles. The lowest BCUT2D eigenvalue weighted by Gasteiger charge is -2.21. The van der Waals surface area contributed by atoms with E-state index in [1.807, 2.05) is 0 Å². The van der Waals surface area contributed by atoms with E-state index < -0.39 is 17.6 Å². The van der Waals surface area contributed by atoms with Gasteiger partial charge in [-0.05, 0) is 31.0 Å². The van der Waals surface area contributed by atoms with Crippen molar-refractivity contribution in [3.63, 3.8) is 0 Å². The van der Waals surface area contributed by atoms with Crippen LogP contribution in [0.2, 0.25) is 0 Å². The molecule has 1 saturated carbocycles. The van der Waals surface area contributed by atoms with Gasteiger partial charge in [0.25, 0.3) is 0 Å². The molecule has 0 bridgehead atoms. The highest BCUT2D eigenvalue weighted by atomic mass is 32.2. The lowest BCUT2D eigenvalue weighted by Crippen LogP contribution is -2.19. The summed E-state index contributed by atoms with van der Waals surface area (Å²) in [7, 11) is 0. The Balaban J connectivity index is 2.25. The first-order chi connectivity index (χ1) is 9.38. The fourth-order valence-corrected chi connectivity index (χ4v) is 3.73. The molecule has 110 valence electrons. The molecule has 0 saturated heterocycles. The minimum absolute atomic E-state index is 0.245. The van der Waals surface area contributed by atoms with Gasteiger partial charge in [-0.1, -0.05) is 19.3 Å². The van der Waals surface area contributed by atoms with E-state index in [1.54, 1.807) is 6.07 Å². The van der Waals surface area contributed by atoms with Crippen LogP contribution in [0.25, 0.3) is 0 Å². The zero-order valence-electron chi connectivity index (χ0n) is 11.0. The van der Waals surface area contributed by atoms with Gasteiger partial charge in [-0.2, -0.15) is 13.2 Å². The smallest absolute Gasteiger partial charge is 0.384 e.